The highest BCUT2D eigenvalue weighted by atomic mass is 35.5. The molecule has 110 valence electrons. The van der Waals surface area contributed by atoms with E-state index in [-0.39, 0.29) is 11.3 Å². The van der Waals surface area contributed by atoms with E-state index in [0.717, 1.165) is 18.9 Å². The van der Waals surface area contributed by atoms with Crippen molar-refractivity contribution in [1.29, 1.82) is 0 Å². The Morgan fingerprint density at radius 3 is 2.30 bits per heavy atom. The van der Waals surface area contributed by atoms with Crippen molar-refractivity contribution in [2.45, 2.75) is 20.8 Å². The lowest BCUT2D eigenvalue weighted by molar-refractivity contribution is -0.139. The van der Waals surface area contributed by atoms with Gasteiger partial charge in [0.1, 0.15) is 5.82 Å². The zero-order chi connectivity index (χ0) is 14.9. The minimum atomic E-state index is -0.335. The average Bonchev–Trinajstić information content (AvgIpc) is 2.37. The fraction of sp³-hybridized carbons (Fsp3) is 0.571. The Morgan fingerprint density at radius 2 is 1.80 bits per heavy atom. The molecular formula is C14H19Cl2N3O. The Hall–Kier alpha value is -1.000. The van der Waals surface area contributed by atoms with Crippen molar-refractivity contribution in [2.75, 3.05) is 31.1 Å². The molecule has 0 aliphatic carbocycles. The van der Waals surface area contributed by atoms with E-state index >= 15 is 0 Å². The molecule has 0 saturated carbocycles. The smallest absolute Gasteiger partial charge is 0.228 e. The van der Waals surface area contributed by atoms with E-state index in [1.54, 1.807) is 12.3 Å². The Kier molecular flexibility index (Phi) is 4.45. The highest BCUT2D eigenvalue weighted by Crippen LogP contribution is 2.27. The first-order valence-corrected chi connectivity index (χ1v) is 7.40. The molecule has 1 fully saturated rings. The van der Waals surface area contributed by atoms with Crippen LogP contribution >= 0.6 is 23.2 Å². The number of halogens is 2. The van der Waals surface area contributed by atoms with Crippen LogP contribution in [0, 0.1) is 5.41 Å². The monoisotopic (exact) mass is 315 g/mol. The molecule has 0 N–H and O–H groups in total. The number of rotatable bonds is 1. The van der Waals surface area contributed by atoms with Crippen molar-refractivity contribution >= 4 is 34.9 Å². The van der Waals surface area contributed by atoms with Crippen LogP contribution in [-0.4, -0.2) is 42.0 Å². The molecule has 0 radical (unpaired) electrons. The van der Waals surface area contributed by atoms with Crippen molar-refractivity contribution in [1.82, 2.24) is 9.88 Å². The zero-order valence-corrected chi connectivity index (χ0v) is 13.5. The first kappa shape index (κ1) is 15.4. The van der Waals surface area contributed by atoms with Gasteiger partial charge in [0, 0.05) is 37.8 Å². The summed E-state index contributed by atoms with van der Waals surface area (Å²) in [6, 6.07) is 1.69. The minimum Gasteiger partial charge on any atom is -0.352 e. The normalized spacial score (nSPS) is 16.4. The Labute approximate surface area is 129 Å². The number of piperazine rings is 1. The van der Waals surface area contributed by atoms with Crippen LogP contribution in [0.4, 0.5) is 5.82 Å². The second kappa shape index (κ2) is 5.78. The number of aromatic nitrogens is 1. The molecule has 2 rings (SSSR count). The number of carbonyl (C=O) groups excluding carboxylic acids is 1. The van der Waals surface area contributed by atoms with Gasteiger partial charge in [-0.05, 0) is 6.07 Å². The number of anilines is 1. The summed E-state index contributed by atoms with van der Waals surface area (Å²) in [6.07, 6.45) is 1.59. The van der Waals surface area contributed by atoms with Crippen LogP contribution in [-0.2, 0) is 4.79 Å². The molecule has 1 saturated heterocycles. The van der Waals surface area contributed by atoms with E-state index in [0.29, 0.717) is 23.1 Å². The molecule has 1 amide bonds. The highest BCUT2D eigenvalue weighted by molar-refractivity contribution is 6.36. The number of pyridine rings is 1. The first-order chi connectivity index (χ1) is 9.29. The van der Waals surface area contributed by atoms with Gasteiger partial charge in [0.15, 0.2) is 0 Å². The van der Waals surface area contributed by atoms with Crippen LogP contribution in [0.2, 0.25) is 10.0 Å². The van der Waals surface area contributed by atoms with Crippen LogP contribution in [0.5, 0.6) is 0 Å². The Bertz CT molecular complexity index is 506. The molecule has 6 heteroatoms. The molecular weight excluding hydrogens is 297 g/mol. The lowest BCUT2D eigenvalue weighted by atomic mass is 9.94. The van der Waals surface area contributed by atoms with Gasteiger partial charge in [-0.2, -0.15) is 0 Å². The van der Waals surface area contributed by atoms with E-state index in [1.165, 1.54) is 0 Å². The third-order valence-corrected chi connectivity index (χ3v) is 3.78. The number of nitrogens with zero attached hydrogens (tertiary/aromatic N) is 3. The van der Waals surface area contributed by atoms with E-state index in [4.69, 9.17) is 23.2 Å². The fourth-order valence-corrected chi connectivity index (χ4v) is 2.74. The second-order valence-corrected chi connectivity index (χ2v) is 6.83. The summed E-state index contributed by atoms with van der Waals surface area (Å²) in [7, 11) is 0. The maximum Gasteiger partial charge on any atom is 0.228 e. The van der Waals surface area contributed by atoms with Gasteiger partial charge in [0.05, 0.1) is 10.0 Å². The molecule has 0 unspecified atom stereocenters. The minimum absolute atomic E-state index is 0.187. The molecule has 2 heterocycles. The second-order valence-electron chi connectivity index (χ2n) is 5.99. The number of carbonyl (C=O) groups is 1. The van der Waals surface area contributed by atoms with E-state index in [9.17, 15) is 4.79 Å². The van der Waals surface area contributed by atoms with Crippen molar-refractivity contribution in [2.24, 2.45) is 5.41 Å². The summed E-state index contributed by atoms with van der Waals surface area (Å²) < 4.78 is 0. The quantitative estimate of drug-likeness (QED) is 0.799. The number of amides is 1. The van der Waals surface area contributed by atoms with Gasteiger partial charge in [-0.15, -0.1) is 0 Å². The maximum absolute atomic E-state index is 12.2. The SMILES string of the molecule is CC(C)(C)C(=O)N1CCN(c2ncc(Cl)cc2Cl)CC1. The van der Waals surface area contributed by atoms with Crippen LogP contribution in [0.25, 0.3) is 0 Å². The van der Waals surface area contributed by atoms with Gasteiger partial charge in [0.25, 0.3) is 0 Å². The third-order valence-electron chi connectivity index (χ3n) is 3.30. The average molecular weight is 316 g/mol. The molecule has 0 bridgehead atoms. The Balaban J connectivity index is 2.03. The number of hydrogen-bond donors (Lipinski definition) is 0. The first-order valence-electron chi connectivity index (χ1n) is 6.64. The summed E-state index contributed by atoms with van der Waals surface area (Å²) in [5, 5.41) is 1.08. The van der Waals surface area contributed by atoms with Crippen molar-refractivity contribution in [3.05, 3.63) is 22.3 Å². The molecule has 1 aliphatic rings. The largest absolute Gasteiger partial charge is 0.352 e. The van der Waals surface area contributed by atoms with Gasteiger partial charge in [-0.25, -0.2) is 4.98 Å². The van der Waals surface area contributed by atoms with Crippen LogP contribution in [0.15, 0.2) is 12.3 Å². The molecule has 1 aromatic rings. The highest BCUT2D eigenvalue weighted by Gasteiger charge is 2.30. The molecule has 20 heavy (non-hydrogen) atoms. The van der Waals surface area contributed by atoms with Crippen molar-refractivity contribution in [3.8, 4) is 0 Å². The lowest BCUT2D eigenvalue weighted by Crippen LogP contribution is -2.51. The summed E-state index contributed by atoms with van der Waals surface area (Å²) in [6.45, 7) is 8.68. The van der Waals surface area contributed by atoms with Gasteiger partial charge in [-0.1, -0.05) is 44.0 Å². The van der Waals surface area contributed by atoms with Gasteiger partial charge >= 0.3 is 0 Å². The lowest BCUT2D eigenvalue weighted by Gasteiger charge is -2.38. The van der Waals surface area contributed by atoms with E-state index in [1.807, 2.05) is 25.7 Å². The fourth-order valence-electron chi connectivity index (χ4n) is 2.24. The van der Waals surface area contributed by atoms with E-state index in [2.05, 4.69) is 9.88 Å². The maximum atomic E-state index is 12.2. The molecule has 1 aromatic heterocycles. The Morgan fingerprint density at radius 1 is 1.20 bits per heavy atom. The molecule has 0 atom stereocenters. The van der Waals surface area contributed by atoms with Crippen molar-refractivity contribution in [3.63, 3.8) is 0 Å². The zero-order valence-electron chi connectivity index (χ0n) is 12.0. The third kappa shape index (κ3) is 3.36. The van der Waals surface area contributed by atoms with E-state index < -0.39 is 0 Å². The summed E-state index contributed by atoms with van der Waals surface area (Å²) in [4.78, 5) is 20.5. The molecule has 0 spiro atoms. The molecule has 1 aliphatic heterocycles. The van der Waals surface area contributed by atoms with Gasteiger partial charge in [-0.3, -0.25) is 4.79 Å². The summed E-state index contributed by atoms with van der Waals surface area (Å²) >= 11 is 12.0. The topological polar surface area (TPSA) is 36.4 Å². The van der Waals surface area contributed by atoms with Gasteiger partial charge in [0.2, 0.25) is 5.91 Å². The molecule has 4 nitrogen and oxygen atoms in total. The predicted molar refractivity (Wildman–Crippen MR) is 82.5 cm³/mol. The predicted octanol–water partition coefficient (Wildman–Crippen LogP) is 3.08. The summed E-state index contributed by atoms with van der Waals surface area (Å²) in [5.41, 5.74) is -0.335. The van der Waals surface area contributed by atoms with Gasteiger partial charge < -0.3 is 9.80 Å². The summed E-state index contributed by atoms with van der Waals surface area (Å²) in [5.74, 6) is 0.922. The van der Waals surface area contributed by atoms with Crippen molar-refractivity contribution < 1.29 is 4.79 Å². The van der Waals surface area contributed by atoms with Crippen LogP contribution in [0.3, 0.4) is 0 Å². The molecule has 0 aromatic carbocycles. The standard InChI is InChI=1S/C14H19Cl2N3O/c1-14(2,3)13(20)19-6-4-18(5-7-19)12-11(16)8-10(15)9-17-12/h8-9H,4-7H2,1-3H3. The number of hydrogen-bond acceptors (Lipinski definition) is 3. The van der Waals surface area contributed by atoms with Crippen LogP contribution in [0.1, 0.15) is 20.8 Å². The van der Waals surface area contributed by atoms with Crippen LogP contribution < -0.4 is 4.90 Å².